The minimum absolute atomic E-state index is 0.0952. The van der Waals surface area contributed by atoms with Crippen LogP contribution in [0.3, 0.4) is 0 Å². The lowest BCUT2D eigenvalue weighted by molar-refractivity contribution is 0.232. The topological polar surface area (TPSA) is 44.9 Å². The fourth-order valence-electron chi connectivity index (χ4n) is 9.04. The molecule has 5 nitrogen and oxygen atoms in total. The smallest absolute Gasteiger partial charge is 0.137 e. The molecule has 55 heavy (non-hydrogen) atoms. The minimum Gasteiger partial charge on any atom is -0.457 e. The summed E-state index contributed by atoms with van der Waals surface area (Å²) in [5.41, 5.74) is 11.0. The number of fused-ring (bicyclic) bond motifs is 3. The van der Waals surface area contributed by atoms with E-state index in [1.807, 2.05) is 6.20 Å². The van der Waals surface area contributed by atoms with Crippen LogP contribution in [-0.4, -0.2) is 19.3 Å². The number of nitrogens with zero attached hydrogens (tertiary/aromatic N) is 4. The third kappa shape index (κ3) is 7.28. The molecule has 6 aromatic rings. The van der Waals surface area contributed by atoms with Crippen LogP contribution in [0.1, 0.15) is 122 Å². The van der Waals surface area contributed by atoms with Crippen molar-refractivity contribution in [2.45, 2.75) is 114 Å². The van der Waals surface area contributed by atoms with Crippen molar-refractivity contribution >= 4 is 21.8 Å². The third-order valence-electron chi connectivity index (χ3n) is 12.3. The molecule has 0 amide bonds. The zero-order valence-corrected chi connectivity index (χ0v) is 35.5. The average molecular weight is 735 g/mol. The first kappa shape index (κ1) is 38.6. The second kappa shape index (κ2) is 14.8. The third-order valence-corrected chi connectivity index (χ3v) is 12.3. The highest BCUT2D eigenvalue weighted by Crippen LogP contribution is 2.50. The zero-order valence-electron chi connectivity index (χ0n) is 35.5. The van der Waals surface area contributed by atoms with Gasteiger partial charge in [-0.3, -0.25) is 4.57 Å². The number of pyridine rings is 1. The van der Waals surface area contributed by atoms with Gasteiger partial charge in [-0.05, 0) is 115 Å². The number of rotatable bonds is 9. The number of para-hydroxylation sites is 1. The van der Waals surface area contributed by atoms with Gasteiger partial charge in [-0.1, -0.05) is 106 Å². The number of hydrogen-bond donors (Lipinski definition) is 0. The summed E-state index contributed by atoms with van der Waals surface area (Å²) < 4.78 is 11.3. The summed E-state index contributed by atoms with van der Waals surface area (Å²) in [7, 11) is 0. The van der Waals surface area contributed by atoms with Crippen LogP contribution in [0.2, 0.25) is 0 Å². The second-order valence-electron chi connectivity index (χ2n) is 18.5. The van der Waals surface area contributed by atoms with Crippen LogP contribution in [0.4, 0.5) is 0 Å². The lowest BCUT2D eigenvalue weighted by Crippen LogP contribution is -2.31. The molecule has 0 saturated carbocycles. The summed E-state index contributed by atoms with van der Waals surface area (Å²) in [5.74, 6) is 6.14. The lowest BCUT2D eigenvalue weighted by Gasteiger charge is -2.41. The van der Waals surface area contributed by atoms with E-state index in [9.17, 15) is 0 Å². The predicted octanol–water partition coefficient (Wildman–Crippen LogP) is 13.8. The standard InChI is InChI=1S/C50H62N4O/c1-29(2)35-20-21-51-47(24-35)53-45-17-15-14-16-41(45)42-19-18-39(28-46(42)53)55-40-26-37(50(11,12)13)25-38(27-40)54-34(10)48(33(9)52-54)49-43(31(5)6)22-36(30(3)4)23-44(49)32(7)8/h14-22,24-32,36,44,49H,23H2,1-13H3/t36-,44+,49?/m0/s1. The first-order valence-corrected chi connectivity index (χ1v) is 20.6. The monoisotopic (exact) mass is 734 g/mol. The lowest BCUT2D eigenvalue weighted by atomic mass is 9.63. The second-order valence-corrected chi connectivity index (χ2v) is 18.5. The van der Waals surface area contributed by atoms with E-state index in [1.165, 1.54) is 39.6 Å². The average Bonchev–Trinajstić information content (AvgIpc) is 3.62. The Kier molecular flexibility index (Phi) is 10.4. The first-order chi connectivity index (χ1) is 26.0. The van der Waals surface area contributed by atoms with Gasteiger partial charge < -0.3 is 4.74 Å². The number of aryl methyl sites for hydroxylation is 1. The van der Waals surface area contributed by atoms with Crippen LogP contribution in [-0.2, 0) is 5.41 Å². The molecule has 0 fully saturated rings. The van der Waals surface area contributed by atoms with E-state index in [0.29, 0.717) is 41.4 Å². The van der Waals surface area contributed by atoms with Crippen molar-refractivity contribution < 1.29 is 4.74 Å². The number of aromatic nitrogens is 4. The van der Waals surface area contributed by atoms with E-state index in [4.69, 9.17) is 14.8 Å². The highest BCUT2D eigenvalue weighted by molar-refractivity contribution is 6.09. The Morgan fingerprint density at radius 1 is 0.745 bits per heavy atom. The Labute approximate surface area is 329 Å². The van der Waals surface area contributed by atoms with Crippen molar-refractivity contribution in [3.8, 4) is 23.0 Å². The molecule has 0 saturated heterocycles. The fraction of sp³-hybridized carbons (Fsp3) is 0.440. The maximum Gasteiger partial charge on any atom is 0.137 e. The van der Waals surface area contributed by atoms with Crippen molar-refractivity contribution in [2.75, 3.05) is 0 Å². The Bertz CT molecular complexity index is 2380. The molecule has 3 aromatic carbocycles. The van der Waals surface area contributed by atoms with E-state index in [2.05, 4.69) is 178 Å². The highest BCUT2D eigenvalue weighted by Gasteiger charge is 2.39. The molecule has 0 aliphatic heterocycles. The normalized spacial score (nSPS) is 18.1. The van der Waals surface area contributed by atoms with Crippen molar-refractivity contribution in [1.82, 2.24) is 19.3 Å². The summed E-state index contributed by atoms with van der Waals surface area (Å²) in [4.78, 5) is 4.86. The molecule has 3 heterocycles. The van der Waals surface area contributed by atoms with Gasteiger partial charge in [0.15, 0.2) is 0 Å². The molecule has 0 spiro atoms. The van der Waals surface area contributed by atoms with Crippen LogP contribution in [0.25, 0.3) is 33.3 Å². The molecule has 0 N–H and O–H groups in total. The van der Waals surface area contributed by atoms with Crippen molar-refractivity contribution in [3.63, 3.8) is 0 Å². The SMILES string of the molecule is Cc1nn(-c2cc(Oc3ccc4c5ccccc5n(-c5cc(C(C)C)ccn5)c4c3)cc(C(C)(C)C)c2)c(C)c1C1C(C(C)C)=C[C@H](C(C)C)C[C@@H]1C(C)C. The van der Waals surface area contributed by atoms with Crippen molar-refractivity contribution in [3.05, 3.63) is 119 Å². The van der Waals surface area contributed by atoms with Crippen LogP contribution < -0.4 is 4.74 Å². The molecule has 1 aliphatic rings. The largest absolute Gasteiger partial charge is 0.457 e. The van der Waals surface area contributed by atoms with Gasteiger partial charge in [0.1, 0.15) is 17.3 Å². The van der Waals surface area contributed by atoms with Gasteiger partial charge in [0.05, 0.1) is 22.4 Å². The summed E-state index contributed by atoms with van der Waals surface area (Å²) in [6.07, 6.45) is 5.78. The summed E-state index contributed by atoms with van der Waals surface area (Å²) in [6, 6.07) is 26.0. The number of benzene rings is 3. The molecular formula is C50H62N4O. The van der Waals surface area contributed by atoms with Crippen molar-refractivity contribution in [1.29, 1.82) is 0 Å². The first-order valence-electron chi connectivity index (χ1n) is 20.6. The molecule has 1 aliphatic carbocycles. The molecule has 0 radical (unpaired) electrons. The molecule has 288 valence electrons. The van der Waals surface area contributed by atoms with Crippen molar-refractivity contribution in [2.24, 2.45) is 29.6 Å². The molecule has 3 atom stereocenters. The van der Waals surface area contributed by atoms with Gasteiger partial charge in [0.2, 0.25) is 0 Å². The summed E-state index contributed by atoms with van der Waals surface area (Å²) in [5, 5.41) is 7.70. The van der Waals surface area contributed by atoms with E-state index < -0.39 is 0 Å². The van der Waals surface area contributed by atoms with Crippen LogP contribution in [0.15, 0.2) is 90.6 Å². The van der Waals surface area contributed by atoms with E-state index in [-0.39, 0.29) is 5.41 Å². The Hall–Kier alpha value is -4.64. The zero-order chi connectivity index (χ0) is 39.5. The Balaban J connectivity index is 1.34. The van der Waals surface area contributed by atoms with Crippen LogP contribution >= 0.6 is 0 Å². The van der Waals surface area contributed by atoms with Gasteiger partial charge in [0.25, 0.3) is 0 Å². The van der Waals surface area contributed by atoms with Gasteiger partial charge in [0, 0.05) is 46.3 Å². The number of allylic oxidation sites excluding steroid dienone is 2. The molecule has 3 aromatic heterocycles. The van der Waals surface area contributed by atoms with Gasteiger partial charge in [-0.15, -0.1) is 0 Å². The van der Waals surface area contributed by atoms with E-state index >= 15 is 0 Å². The summed E-state index contributed by atoms with van der Waals surface area (Å²) >= 11 is 0. The number of ether oxygens (including phenoxy) is 1. The molecule has 5 heteroatoms. The van der Waals surface area contributed by atoms with E-state index in [1.54, 1.807) is 5.57 Å². The molecular weight excluding hydrogens is 673 g/mol. The molecule has 0 bridgehead atoms. The fourth-order valence-corrected chi connectivity index (χ4v) is 9.04. The minimum atomic E-state index is -0.0952. The van der Waals surface area contributed by atoms with Crippen LogP contribution in [0, 0.1) is 43.4 Å². The van der Waals surface area contributed by atoms with Gasteiger partial charge in [-0.2, -0.15) is 5.10 Å². The predicted molar refractivity (Wildman–Crippen MR) is 231 cm³/mol. The highest BCUT2D eigenvalue weighted by atomic mass is 16.5. The number of hydrogen-bond acceptors (Lipinski definition) is 3. The van der Waals surface area contributed by atoms with Gasteiger partial charge in [-0.25, -0.2) is 9.67 Å². The molecule has 1 unspecified atom stereocenters. The maximum absolute atomic E-state index is 6.87. The van der Waals surface area contributed by atoms with E-state index in [0.717, 1.165) is 39.7 Å². The molecule has 7 rings (SSSR count). The maximum atomic E-state index is 6.87. The van der Waals surface area contributed by atoms with Gasteiger partial charge >= 0.3 is 0 Å². The quantitative estimate of drug-likeness (QED) is 0.139. The Morgan fingerprint density at radius 3 is 2.15 bits per heavy atom. The summed E-state index contributed by atoms with van der Waals surface area (Å²) in [6.45, 7) is 30.1. The Morgan fingerprint density at radius 2 is 1.47 bits per heavy atom. The van der Waals surface area contributed by atoms with Crippen LogP contribution in [0.5, 0.6) is 11.5 Å².